The van der Waals surface area contributed by atoms with Crippen molar-refractivity contribution in [1.82, 2.24) is 15.6 Å². The van der Waals surface area contributed by atoms with Gasteiger partial charge in [0.25, 0.3) is 0 Å². The zero-order valence-corrected chi connectivity index (χ0v) is 38.6. The van der Waals surface area contributed by atoms with Crippen LogP contribution >= 0.6 is 0 Å². The lowest BCUT2D eigenvalue weighted by atomic mass is 9.95. The highest BCUT2D eigenvalue weighted by molar-refractivity contribution is 6.00. The van der Waals surface area contributed by atoms with E-state index in [4.69, 9.17) is 38.7 Å². The lowest BCUT2D eigenvalue weighted by molar-refractivity contribution is -0.141. The monoisotopic (exact) mass is 913 g/mol. The number of fused-ring (bicyclic) bond motifs is 1. The van der Waals surface area contributed by atoms with Crippen molar-refractivity contribution in [1.29, 1.82) is 0 Å². The van der Waals surface area contributed by atoms with Crippen molar-refractivity contribution in [3.8, 4) is 16.9 Å². The van der Waals surface area contributed by atoms with E-state index in [0.29, 0.717) is 96.8 Å². The average Bonchev–Trinajstić information content (AvgIpc) is 3.29. The van der Waals surface area contributed by atoms with Crippen molar-refractivity contribution >= 4 is 40.5 Å². The van der Waals surface area contributed by atoms with Gasteiger partial charge in [0.15, 0.2) is 0 Å². The number of methoxy groups -OCH3 is 1. The van der Waals surface area contributed by atoms with Gasteiger partial charge < -0.3 is 43.8 Å². The van der Waals surface area contributed by atoms with E-state index in [1.54, 1.807) is 26.8 Å². The SMILES string of the molecule is COC(=O)C[C@H](NC(=O)CNC(=O)CCCCN(C(=O)OC(C)(C)C)c1cccc(C)n1)c1ccc(-c2ccc(OCCOCCOCCOCCOCCN=[N+]=[N-])c3ccccc23)cc1. The van der Waals surface area contributed by atoms with E-state index in [1.807, 2.05) is 79.7 Å². The number of hydrogen-bond donors (Lipinski definition) is 2. The number of carbonyl (C=O) groups excluding carboxylic acids is 4. The molecule has 1 atom stereocenters. The van der Waals surface area contributed by atoms with E-state index in [2.05, 4.69) is 25.6 Å². The number of azide groups is 1. The van der Waals surface area contributed by atoms with E-state index in [9.17, 15) is 19.2 Å². The van der Waals surface area contributed by atoms with Gasteiger partial charge in [0.1, 0.15) is 23.8 Å². The second kappa shape index (κ2) is 28.6. The minimum atomic E-state index is -0.709. The van der Waals surface area contributed by atoms with Gasteiger partial charge in [-0.25, -0.2) is 9.78 Å². The molecule has 2 N–H and O–H groups in total. The van der Waals surface area contributed by atoms with Crippen LogP contribution < -0.4 is 20.3 Å². The largest absolute Gasteiger partial charge is 0.491 e. The summed E-state index contributed by atoms with van der Waals surface area (Å²) in [5, 5.41) is 10.8. The molecule has 1 aromatic heterocycles. The summed E-state index contributed by atoms with van der Waals surface area (Å²) in [7, 11) is 1.29. The Hall–Kier alpha value is -6.30. The fourth-order valence-electron chi connectivity index (χ4n) is 6.53. The molecule has 18 heteroatoms. The summed E-state index contributed by atoms with van der Waals surface area (Å²) in [4.78, 5) is 59.9. The Morgan fingerprint density at radius 2 is 1.42 bits per heavy atom. The number of nitrogens with one attached hydrogen (secondary N) is 2. The number of hydrogen-bond acceptors (Lipinski definition) is 13. The summed E-state index contributed by atoms with van der Waals surface area (Å²) < 4.78 is 38.6. The Bertz CT molecular complexity index is 2190. The lowest BCUT2D eigenvalue weighted by Crippen LogP contribution is -2.39. The number of rotatable bonds is 29. The van der Waals surface area contributed by atoms with Gasteiger partial charge in [0, 0.05) is 35.5 Å². The van der Waals surface area contributed by atoms with Gasteiger partial charge in [-0.2, -0.15) is 0 Å². The number of esters is 1. The van der Waals surface area contributed by atoms with E-state index >= 15 is 0 Å². The van der Waals surface area contributed by atoms with Crippen LogP contribution in [0.1, 0.15) is 63.8 Å². The van der Waals surface area contributed by atoms with Crippen LogP contribution in [0.2, 0.25) is 0 Å². The van der Waals surface area contributed by atoms with Gasteiger partial charge in [-0.1, -0.05) is 65.8 Å². The van der Waals surface area contributed by atoms with E-state index in [0.717, 1.165) is 33.3 Å². The van der Waals surface area contributed by atoms with Crippen molar-refractivity contribution in [2.75, 3.05) is 91.1 Å². The number of unbranched alkanes of at least 4 members (excludes halogenated alkanes) is 1. The molecular formula is C48H63N7O11. The van der Waals surface area contributed by atoms with Crippen LogP contribution in [0.15, 0.2) is 84.0 Å². The molecule has 66 heavy (non-hydrogen) atoms. The maximum atomic E-state index is 13.1. The Morgan fingerprint density at radius 3 is 2.06 bits per heavy atom. The summed E-state index contributed by atoms with van der Waals surface area (Å²) in [5.74, 6) is -0.110. The summed E-state index contributed by atoms with van der Waals surface area (Å²) in [6.45, 7) is 11.2. The fourth-order valence-corrected chi connectivity index (χ4v) is 6.53. The molecule has 0 radical (unpaired) electrons. The van der Waals surface area contributed by atoms with Gasteiger partial charge in [0.2, 0.25) is 11.8 Å². The number of aromatic nitrogens is 1. The topological polar surface area (TPSA) is 222 Å². The molecule has 0 saturated carbocycles. The zero-order chi connectivity index (χ0) is 47.6. The van der Waals surface area contributed by atoms with E-state index in [1.165, 1.54) is 12.0 Å². The standard InChI is InChI=1S/C48H63N7O11/c1-35-11-10-14-43(52-35)55(47(59)66-48(2,3)4)23-9-8-15-44(56)50-34-45(57)53-41(33-46(58)60-5)37-18-16-36(17-19-37)38-20-21-42(40-13-7-6-12-39(38)40)65-32-31-64-30-29-63-28-27-62-26-25-61-24-22-51-54-49/h6-7,10-14,16-21,41H,8-9,15,22-34H2,1-5H3,(H,50,56)(H,53,57)/t41-/m0/s1. The third-order valence-electron chi connectivity index (χ3n) is 9.69. The lowest BCUT2D eigenvalue weighted by Gasteiger charge is -2.27. The van der Waals surface area contributed by atoms with Gasteiger partial charge >= 0.3 is 12.1 Å². The van der Waals surface area contributed by atoms with Crippen LogP contribution in [0.4, 0.5) is 10.6 Å². The Balaban J connectivity index is 1.23. The highest BCUT2D eigenvalue weighted by atomic mass is 16.6. The van der Waals surface area contributed by atoms with Crippen LogP contribution in [-0.2, 0) is 42.8 Å². The smallest absolute Gasteiger partial charge is 0.416 e. The van der Waals surface area contributed by atoms with Crippen LogP contribution in [-0.4, -0.2) is 121 Å². The van der Waals surface area contributed by atoms with Gasteiger partial charge in [-0.05, 0) is 86.3 Å². The molecule has 0 aliphatic heterocycles. The predicted molar refractivity (Wildman–Crippen MR) is 249 cm³/mol. The third kappa shape index (κ3) is 19.0. The Labute approximate surface area is 386 Å². The minimum absolute atomic E-state index is 0.111. The van der Waals surface area contributed by atoms with E-state index in [-0.39, 0.29) is 25.3 Å². The molecule has 0 aliphatic carbocycles. The minimum Gasteiger partial charge on any atom is -0.491 e. The second-order valence-electron chi connectivity index (χ2n) is 15.9. The first-order valence-electron chi connectivity index (χ1n) is 22.0. The number of aryl methyl sites for hydroxylation is 1. The van der Waals surface area contributed by atoms with Gasteiger partial charge in [0.05, 0.1) is 79.0 Å². The molecule has 0 spiro atoms. The number of nitrogens with zero attached hydrogens (tertiary/aromatic N) is 5. The quantitative estimate of drug-likeness (QED) is 0.0179. The highest BCUT2D eigenvalue weighted by Gasteiger charge is 2.25. The maximum Gasteiger partial charge on any atom is 0.416 e. The fraction of sp³-hybridized carbons (Fsp3) is 0.479. The molecule has 4 rings (SSSR count). The predicted octanol–water partition coefficient (Wildman–Crippen LogP) is 7.41. The van der Waals surface area contributed by atoms with Crippen molar-refractivity contribution in [3.63, 3.8) is 0 Å². The summed E-state index contributed by atoms with van der Waals surface area (Å²) in [6.07, 6.45) is 0.448. The first kappa shape index (κ1) is 52.3. The molecule has 0 aliphatic rings. The van der Waals surface area contributed by atoms with Gasteiger partial charge in [-0.15, -0.1) is 0 Å². The van der Waals surface area contributed by atoms with Crippen LogP contribution in [0.5, 0.6) is 5.75 Å². The average molecular weight is 914 g/mol. The van der Waals surface area contributed by atoms with Crippen LogP contribution in [0.25, 0.3) is 32.3 Å². The molecule has 0 saturated heterocycles. The highest BCUT2D eigenvalue weighted by Crippen LogP contribution is 2.35. The molecular weight excluding hydrogens is 851 g/mol. The summed E-state index contributed by atoms with van der Waals surface area (Å²) in [5.41, 5.74) is 10.9. The van der Waals surface area contributed by atoms with Crippen molar-refractivity contribution in [2.24, 2.45) is 5.11 Å². The van der Waals surface area contributed by atoms with Crippen LogP contribution in [0.3, 0.4) is 0 Å². The van der Waals surface area contributed by atoms with E-state index < -0.39 is 29.6 Å². The number of pyridine rings is 1. The van der Waals surface area contributed by atoms with Crippen molar-refractivity contribution < 1.29 is 52.3 Å². The molecule has 356 valence electrons. The third-order valence-corrected chi connectivity index (χ3v) is 9.69. The van der Waals surface area contributed by atoms with Crippen molar-refractivity contribution in [2.45, 2.75) is 65.0 Å². The molecule has 18 nitrogen and oxygen atoms in total. The number of amides is 3. The molecule has 4 aromatic rings. The summed E-state index contributed by atoms with van der Waals surface area (Å²) >= 11 is 0. The first-order valence-corrected chi connectivity index (χ1v) is 22.0. The Morgan fingerprint density at radius 1 is 0.773 bits per heavy atom. The molecule has 3 amide bonds. The first-order chi connectivity index (χ1) is 31.9. The Kier molecular flexibility index (Phi) is 22.7. The second-order valence-corrected chi connectivity index (χ2v) is 15.9. The van der Waals surface area contributed by atoms with Gasteiger partial charge in [-0.3, -0.25) is 19.3 Å². The zero-order valence-electron chi connectivity index (χ0n) is 38.6. The summed E-state index contributed by atoms with van der Waals surface area (Å²) in [6, 6.07) is 24.1. The van der Waals surface area contributed by atoms with Crippen molar-refractivity contribution in [3.05, 3.63) is 101 Å². The number of anilines is 1. The van der Waals surface area contributed by atoms with Crippen LogP contribution in [0, 0.1) is 6.92 Å². The molecule has 0 unspecified atom stereocenters. The molecule has 3 aromatic carbocycles. The molecule has 1 heterocycles. The molecule has 0 fully saturated rings. The molecule has 0 bridgehead atoms. The number of ether oxygens (including phenoxy) is 7. The maximum absolute atomic E-state index is 13.1. The number of benzene rings is 3. The normalized spacial score (nSPS) is 11.6. The number of carbonyl (C=O) groups is 4.